The van der Waals surface area contributed by atoms with Crippen molar-refractivity contribution in [2.24, 2.45) is 0 Å². The fourth-order valence-electron chi connectivity index (χ4n) is 1.93. The molecular formula is C14H9BrClN3O3. The summed E-state index contributed by atoms with van der Waals surface area (Å²) in [5.74, 6) is -0.150. The van der Waals surface area contributed by atoms with Crippen LogP contribution in [0, 0.1) is 0 Å². The molecule has 112 valence electrons. The summed E-state index contributed by atoms with van der Waals surface area (Å²) < 4.78 is 5.99. The minimum absolute atomic E-state index is 0.0719. The summed E-state index contributed by atoms with van der Waals surface area (Å²) in [5, 5.41) is 5.63. The van der Waals surface area contributed by atoms with E-state index in [1.165, 1.54) is 12.3 Å². The first-order valence-corrected chi connectivity index (χ1v) is 7.38. The molecule has 8 heteroatoms. The molecule has 0 radical (unpaired) electrons. The first-order valence-electron chi connectivity index (χ1n) is 6.21. The molecule has 0 spiro atoms. The van der Waals surface area contributed by atoms with Gasteiger partial charge in [0.25, 0.3) is 11.8 Å². The average Bonchev–Trinajstić information content (AvgIpc) is 2.48. The van der Waals surface area contributed by atoms with Crippen molar-refractivity contribution >= 4 is 50.7 Å². The third-order valence-corrected chi connectivity index (χ3v) is 3.66. The van der Waals surface area contributed by atoms with Gasteiger partial charge in [0.1, 0.15) is 5.75 Å². The van der Waals surface area contributed by atoms with Crippen LogP contribution in [0.5, 0.6) is 5.75 Å². The number of nitrogens with zero attached hydrogens (tertiary/aromatic N) is 1. The standard InChI is InChI=1S/C14H9BrClN3O3/c15-8-1-7(4-17-5-8)14(21)19-10-3-12-11(2-9(10)16)18-13(20)6-22-12/h1-5H,6H2,(H,18,20)(H,19,21). The molecule has 2 heterocycles. The number of anilines is 2. The lowest BCUT2D eigenvalue weighted by Gasteiger charge is -2.19. The monoisotopic (exact) mass is 381 g/mol. The summed E-state index contributed by atoms with van der Waals surface area (Å²) in [6, 6.07) is 4.74. The highest BCUT2D eigenvalue weighted by Gasteiger charge is 2.19. The molecule has 2 aromatic rings. The van der Waals surface area contributed by atoms with E-state index in [0.29, 0.717) is 32.2 Å². The lowest BCUT2D eigenvalue weighted by molar-refractivity contribution is -0.118. The van der Waals surface area contributed by atoms with Crippen molar-refractivity contribution in [3.8, 4) is 5.75 Å². The van der Waals surface area contributed by atoms with Crippen LogP contribution in [-0.4, -0.2) is 23.4 Å². The van der Waals surface area contributed by atoms with Crippen molar-refractivity contribution in [1.82, 2.24) is 4.98 Å². The topological polar surface area (TPSA) is 80.3 Å². The number of ether oxygens (including phenoxy) is 1. The first-order chi connectivity index (χ1) is 10.5. The Labute approximate surface area is 139 Å². The van der Waals surface area contributed by atoms with Crippen LogP contribution in [0.4, 0.5) is 11.4 Å². The number of fused-ring (bicyclic) bond motifs is 1. The Balaban J connectivity index is 1.86. The van der Waals surface area contributed by atoms with E-state index in [0.717, 1.165) is 0 Å². The number of pyridine rings is 1. The minimum Gasteiger partial charge on any atom is -0.482 e. The van der Waals surface area contributed by atoms with E-state index in [9.17, 15) is 9.59 Å². The van der Waals surface area contributed by atoms with E-state index in [-0.39, 0.29) is 18.4 Å². The zero-order chi connectivity index (χ0) is 15.7. The molecular weight excluding hydrogens is 374 g/mol. The highest BCUT2D eigenvalue weighted by Crippen LogP contribution is 2.36. The van der Waals surface area contributed by atoms with Crippen molar-refractivity contribution in [2.75, 3.05) is 17.2 Å². The molecule has 0 saturated heterocycles. The molecule has 0 bridgehead atoms. The number of hydrogen-bond acceptors (Lipinski definition) is 4. The molecule has 0 atom stereocenters. The SMILES string of the molecule is O=C1COc2cc(NC(=O)c3cncc(Br)c3)c(Cl)cc2N1. The molecule has 0 fully saturated rings. The maximum atomic E-state index is 12.2. The van der Waals surface area contributed by atoms with E-state index in [4.69, 9.17) is 16.3 Å². The van der Waals surface area contributed by atoms with Crippen molar-refractivity contribution in [3.63, 3.8) is 0 Å². The largest absolute Gasteiger partial charge is 0.482 e. The molecule has 2 amide bonds. The Morgan fingerprint density at radius 2 is 2.18 bits per heavy atom. The van der Waals surface area contributed by atoms with Gasteiger partial charge in [-0.3, -0.25) is 14.6 Å². The Bertz CT molecular complexity index is 782. The van der Waals surface area contributed by atoms with Crippen LogP contribution >= 0.6 is 27.5 Å². The van der Waals surface area contributed by atoms with E-state index >= 15 is 0 Å². The molecule has 1 aromatic heterocycles. The molecule has 0 saturated carbocycles. The van der Waals surface area contributed by atoms with Crippen molar-refractivity contribution in [3.05, 3.63) is 45.7 Å². The van der Waals surface area contributed by atoms with Gasteiger partial charge in [0, 0.05) is 22.9 Å². The van der Waals surface area contributed by atoms with Crippen LogP contribution in [0.25, 0.3) is 0 Å². The Kier molecular flexibility index (Phi) is 4.00. The number of nitrogens with one attached hydrogen (secondary N) is 2. The second-order valence-corrected chi connectivity index (χ2v) is 5.83. The predicted molar refractivity (Wildman–Crippen MR) is 85.5 cm³/mol. The Hall–Kier alpha value is -2.12. The summed E-state index contributed by atoms with van der Waals surface area (Å²) in [6.07, 6.45) is 3.03. The van der Waals surface area contributed by atoms with E-state index in [2.05, 4.69) is 31.5 Å². The zero-order valence-electron chi connectivity index (χ0n) is 11.0. The fourth-order valence-corrected chi connectivity index (χ4v) is 2.50. The number of carbonyl (C=O) groups is 2. The quantitative estimate of drug-likeness (QED) is 0.836. The van der Waals surface area contributed by atoms with Crippen molar-refractivity contribution < 1.29 is 14.3 Å². The minimum atomic E-state index is -0.351. The van der Waals surface area contributed by atoms with Crippen molar-refractivity contribution in [2.45, 2.75) is 0 Å². The smallest absolute Gasteiger partial charge is 0.262 e. The zero-order valence-corrected chi connectivity index (χ0v) is 13.4. The molecule has 1 aliphatic heterocycles. The summed E-state index contributed by atoms with van der Waals surface area (Å²) in [4.78, 5) is 27.4. The van der Waals surface area contributed by atoms with Gasteiger partial charge in [-0.25, -0.2) is 0 Å². The molecule has 3 rings (SSSR count). The Morgan fingerprint density at radius 3 is 2.95 bits per heavy atom. The number of rotatable bonds is 2. The van der Waals surface area contributed by atoms with Gasteiger partial charge >= 0.3 is 0 Å². The normalized spacial score (nSPS) is 12.9. The van der Waals surface area contributed by atoms with E-state index in [1.54, 1.807) is 18.3 Å². The lowest BCUT2D eigenvalue weighted by Crippen LogP contribution is -2.25. The predicted octanol–water partition coefficient (Wildman–Crippen LogP) is 3.08. The number of hydrogen-bond donors (Lipinski definition) is 2. The average molecular weight is 383 g/mol. The van der Waals surface area contributed by atoms with Gasteiger partial charge in [-0.2, -0.15) is 0 Å². The molecule has 0 aliphatic carbocycles. The van der Waals surface area contributed by atoms with Crippen LogP contribution in [0.2, 0.25) is 5.02 Å². The second-order valence-electron chi connectivity index (χ2n) is 4.51. The summed E-state index contributed by atoms with van der Waals surface area (Å²) in [7, 11) is 0. The molecule has 1 aliphatic rings. The maximum absolute atomic E-state index is 12.2. The highest BCUT2D eigenvalue weighted by atomic mass is 79.9. The third kappa shape index (κ3) is 3.05. The van der Waals surface area contributed by atoms with Gasteiger partial charge in [-0.05, 0) is 28.1 Å². The lowest BCUT2D eigenvalue weighted by atomic mass is 10.2. The van der Waals surface area contributed by atoms with E-state index < -0.39 is 0 Å². The van der Waals surface area contributed by atoms with Gasteiger partial charge in [0.05, 0.1) is 22.0 Å². The maximum Gasteiger partial charge on any atom is 0.262 e. The van der Waals surface area contributed by atoms with Gasteiger partial charge in [-0.1, -0.05) is 11.6 Å². The number of benzene rings is 1. The number of carbonyl (C=O) groups excluding carboxylic acids is 2. The van der Waals surface area contributed by atoms with Crippen LogP contribution in [0.3, 0.4) is 0 Å². The molecule has 1 aromatic carbocycles. The van der Waals surface area contributed by atoms with Gasteiger partial charge in [0.2, 0.25) is 0 Å². The summed E-state index contributed by atoms with van der Waals surface area (Å²) >= 11 is 9.38. The number of halogens is 2. The third-order valence-electron chi connectivity index (χ3n) is 2.92. The van der Waals surface area contributed by atoms with E-state index in [1.807, 2.05) is 0 Å². The second kappa shape index (κ2) is 5.94. The molecule has 22 heavy (non-hydrogen) atoms. The first kappa shape index (κ1) is 14.8. The number of aromatic nitrogens is 1. The highest BCUT2D eigenvalue weighted by molar-refractivity contribution is 9.10. The van der Waals surface area contributed by atoms with Crippen LogP contribution < -0.4 is 15.4 Å². The Morgan fingerprint density at radius 1 is 1.36 bits per heavy atom. The molecule has 0 unspecified atom stereocenters. The molecule has 2 N–H and O–H groups in total. The number of amides is 2. The van der Waals surface area contributed by atoms with Crippen LogP contribution in [-0.2, 0) is 4.79 Å². The van der Waals surface area contributed by atoms with Gasteiger partial charge in [-0.15, -0.1) is 0 Å². The van der Waals surface area contributed by atoms with Crippen molar-refractivity contribution in [1.29, 1.82) is 0 Å². The fraction of sp³-hybridized carbons (Fsp3) is 0.0714. The van der Waals surface area contributed by atoms with Gasteiger partial charge in [0.15, 0.2) is 6.61 Å². The van der Waals surface area contributed by atoms with Crippen LogP contribution in [0.15, 0.2) is 35.1 Å². The molecule has 6 nitrogen and oxygen atoms in total. The van der Waals surface area contributed by atoms with Gasteiger partial charge < -0.3 is 15.4 Å². The summed E-state index contributed by atoms with van der Waals surface area (Å²) in [5.41, 5.74) is 1.25. The summed E-state index contributed by atoms with van der Waals surface area (Å²) in [6.45, 7) is -0.0719. The van der Waals surface area contributed by atoms with Crippen LogP contribution in [0.1, 0.15) is 10.4 Å².